The Kier molecular flexibility index (Phi) is 5.85. The number of hydrogen-bond acceptors (Lipinski definition) is 2. The average Bonchev–Trinajstić information content (AvgIpc) is 2.11. The molecule has 0 spiro atoms. The molecule has 0 aromatic rings. The second-order valence-corrected chi connectivity index (χ2v) is 3.27. The lowest BCUT2D eigenvalue weighted by Crippen LogP contribution is -2.10. The monoisotopic (exact) mass is 184 g/mol. The van der Waals surface area contributed by atoms with Crippen molar-refractivity contribution in [3.8, 4) is 0 Å². The van der Waals surface area contributed by atoms with Crippen molar-refractivity contribution in [2.45, 2.75) is 33.1 Å². The van der Waals surface area contributed by atoms with Crippen LogP contribution in [0.5, 0.6) is 0 Å². The van der Waals surface area contributed by atoms with Crippen molar-refractivity contribution in [1.82, 2.24) is 0 Å². The van der Waals surface area contributed by atoms with Crippen LogP contribution in [-0.4, -0.2) is 12.1 Å². The van der Waals surface area contributed by atoms with Crippen LogP contribution in [0, 0.1) is 5.92 Å². The van der Waals surface area contributed by atoms with Gasteiger partial charge in [0.1, 0.15) is 6.29 Å². The van der Waals surface area contributed by atoms with E-state index in [1.165, 1.54) is 0 Å². The Morgan fingerprint density at radius 3 is 2.62 bits per heavy atom. The lowest BCUT2D eigenvalue weighted by Gasteiger charge is -2.11. The summed E-state index contributed by atoms with van der Waals surface area (Å²) in [4.78, 5) is 10.3. The zero-order chi connectivity index (χ0) is 10.3. The van der Waals surface area contributed by atoms with Crippen LogP contribution in [0.3, 0.4) is 0 Å². The Hall–Kier alpha value is -1.12. The summed E-state index contributed by atoms with van der Waals surface area (Å²) < 4.78 is 3.81. The number of ketones is 1. The summed E-state index contributed by atoms with van der Waals surface area (Å²) in [7, 11) is 0. The first-order valence-corrected chi connectivity index (χ1v) is 4.33. The first-order valence-electron chi connectivity index (χ1n) is 4.33. The number of aldehydes is 1. The summed E-state index contributed by atoms with van der Waals surface area (Å²) in [5.41, 5.74) is 0.978. The van der Waals surface area contributed by atoms with Crippen LogP contribution in [0.25, 0.3) is 0 Å². The topological polar surface area (TPSA) is 51.4 Å². The van der Waals surface area contributed by atoms with Gasteiger partial charge in [0.05, 0.1) is 13.3 Å². The van der Waals surface area contributed by atoms with E-state index in [0.29, 0.717) is 18.6 Å². The van der Waals surface area contributed by atoms with Crippen LogP contribution < -0.4 is 5.26 Å². The van der Waals surface area contributed by atoms with Gasteiger partial charge in [0.25, 0.3) is 0 Å². The van der Waals surface area contributed by atoms with E-state index in [9.17, 15) is 10.1 Å². The molecule has 13 heavy (non-hydrogen) atoms. The Morgan fingerprint density at radius 1 is 1.62 bits per heavy atom. The van der Waals surface area contributed by atoms with Gasteiger partial charge in [-0.2, -0.15) is 4.58 Å². The highest BCUT2D eigenvalue weighted by molar-refractivity contribution is 5.75. The lowest BCUT2D eigenvalue weighted by atomic mass is 9.93. The van der Waals surface area contributed by atoms with Gasteiger partial charge in [0.15, 0.2) is 0 Å². The van der Waals surface area contributed by atoms with Crippen molar-refractivity contribution in [3.05, 3.63) is 12.2 Å². The van der Waals surface area contributed by atoms with Crippen LogP contribution in [-0.2, 0) is 9.37 Å². The molecule has 0 amide bonds. The van der Waals surface area contributed by atoms with Crippen LogP contribution >= 0.6 is 0 Å². The molecule has 3 nitrogen and oxygen atoms in total. The largest absolute Gasteiger partial charge is 0.463 e. The molecular weight excluding hydrogens is 168 g/mol. The maximum absolute atomic E-state index is 10.3. The maximum Gasteiger partial charge on any atom is 0.326 e. The van der Waals surface area contributed by atoms with E-state index in [1.54, 1.807) is 6.92 Å². The molecule has 1 atom stereocenters. The van der Waals surface area contributed by atoms with Crippen molar-refractivity contribution in [2.24, 2.45) is 5.92 Å². The van der Waals surface area contributed by atoms with E-state index in [4.69, 9.17) is 0 Å². The van der Waals surface area contributed by atoms with E-state index in [-0.39, 0.29) is 5.92 Å². The Balaban J connectivity index is 3.96. The molecule has 0 bridgehead atoms. The second-order valence-electron chi connectivity index (χ2n) is 3.27. The molecule has 0 aliphatic carbocycles. The highest BCUT2D eigenvalue weighted by atomic mass is 17.1. The molecule has 74 valence electrons. The number of hydrogen-bond donors (Lipinski definition) is 0. The summed E-state index contributed by atoms with van der Waals surface area (Å²) in [5, 5.41) is 9.94. The number of allylic oxidation sites excluding steroid dienone is 1. The van der Waals surface area contributed by atoms with E-state index < -0.39 is 0 Å². The molecular formula is C10H16O3. The van der Waals surface area contributed by atoms with Gasteiger partial charge in [0.2, 0.25) is 0 Å². The standard InChI is InChI=1S/C10H16O3/c1-8(2)10(6-7-11)5-4-9(3)13-12/h7,10H,1,4-6H2,2-3H3. The van der Waals surface area contributed by atoms with Crippen LogP contribution in [0.4, 0.5) is 0 Å². The van der Waals surface area contributed by atoms with Gasteiger partial charge in [-0.15, -0.1) is 0 Å². The molecule has 0 rings (SSSR count). The van der Waals surface area contributed by atoms with Crippen LogP contribution in [0.1, 0.15) is 33.1 Å². The first-order chi connectivity index (χ1) is 6.11. The van der Waals surface area contributed by atoms with Gasteiger partial charge < -0.3 is 10.1 Å². The molecule has 0 saturated carbocycles. The minimum atomic E-state index is 0.169. The average molecular weight is 184 g/mol. The summed E-state index contributed by atoms with van der Waals surface area (Å²) >= 11 is 0. The van der Waals surface area contributed by atoms with Crippen molar-refractivity contribution in [3.63, 3.8) is 0 Å². The molecule has 0 heterocycles. The molecule has 3 heteroatoms. The summed E-state index contributed by atoms with van der Waals surface area (Å²) in [5.74, 6) is 0.625. The quantitative estimate of drug-likeness (QED) is 0.203. The van der Waals surface area contributed by atoms with Gasteiger partial charge in [-0.3, -0.25) is 0 Å². The fourth-order valence-electron chi connectivity index (χ4n) is 1.10. The molecule has 0 fully saturated rings. The molecule has 0 radical (unpaired) electrons. The maximum atomic E-state index is 10.3. The van der Waals surface area contributed by atoms with Crippen LogP contribution in [0.2, 0.25) is 0 Å². The fraction of sp³-hybridized carbons (Fsp3) is 0.600. The molecule has 0 aliphatic rings. The highest BCUT2D eigenvalue weighted by Crippen LogP contribution is 2.18. The van der Waals surface area contributed by atoms with E-state index in [1.807, 2.05) is 6.92 Å². The summed E-state index contributed by atoms with van der Waals surface area (Å²) in [6.45, 7) is 7.32. The van der Waals surface area contributed by atoms with Crippen molar-refractivity contribution < 1.29 is 14.6 Å². The zero-order valence-corrected chi connectivity index (χ0v) is 8.21. The van der Waals surface area contributed by atoms with Crippen LogP contribution in [0.15, 0.2) is 12.2 Å². The van der Waals surface area contributed by atoms with E-state index in [0.717, 1.165) is 18.3 Å². The minimum Gasteiger partial charge on any atom is -0.463 e. The molecule has 0 aromatic heterocycles. The molecule has 0 saturated heterocycles. The molecule has 1 unspecified atom stereocenters. The molecule has 0 N–H and O–H groups in total. The SMILES string of the molecule is C=C(C)C(CC=O)CCC(C)=[O+][O-]. The third-order valence-electron chi connectivity index (χ3n) is 2.06. The van der Waals surface area contributed by atoms with Gasteiger partial charge in [-0.1, -0.05) is 12.2 Å². The van der Waals surface area contributed by atoms with Gasteiger partial charge in [-0.05, 0) is 19.3 Å². The van der Waals surface area contributed by atoms with Gasteiger partial charge in [-0.25, -0.2) is 0 Å². The second kappa shape index (κ2) is 6.40. The Bertz CT molecular complexity index is 206. The van der Waals surface area contributed by atoms with E-state index in [2.05, 4.69) is 11.2 Å². The van der Waals surface area contributed by atoms with E-state index >= 15 is 0 Å². The third kappa shape index (κ3) is 5.17. The number of rotatable bonds is 6. The predicted octanol–water partition coefficient (Wildman–Crippen LogP) is 0.948. The first kappa shape index (κ1) is 11.9. The van der Waals surface area contributed by atoms with Gasteiger partial charge >= 0.3 is 5.78 Å². The van der Waals surface area contributed by atoms with Crippen molar-refractivity contribution in [2.75, 3.05) is 0 Å². The number of carbonyl (C=O) groups excluding carboxylic acids is 2. The highest BCUT2D eigenvalue weighted by Gasteiger charge is 2.12. The third-order valence-corrected chi connectivity index (χ3v) is 2.06. The normalized spacial score (nSPS) is 13.8. The zero-order valence-electron chi connectivity index (χ0n) is 8.21. The van der Waals surface area contributed by atoms with Crippen molar-refractivity contribution in [1.29, 1.82) is 0 Å². The predicted molar refractivity (Wildman–Crippen MR) is 48.9 cm³/mol. The molecule has 0 aromatic carbocycles. The molecule has 0 aliphatic heterocycles. The minimum absolute atomic E-state index is 0.169. The number of carbonyl (C=O) groups is 1. The fourth-order valence-corrected chi connectivity index (χ4v) is 1.10. The smallest absolute Gasteiger partial charge is 0.326 e. The van der Waals surface area contributed by atoms with Crippen molar-refractivity contribution >= 4 is 12.1 Å². The Morgan fingerprint density at radius 2 is 2.23 bits per heavy atom. The lowest BCUT2D eigenvalue weighted by molar-refractivity contribution is -1.05. The summed E-state index contributed by atoms with van der Waals surface area (Å²) in [6.07, 6.45) is 2.70. The summed E-state index contributed by atoms with van der Waals surface area (Å²) in [6, 6.07) is 0. The van der Waals surface area contributed by atoms with Gasteiger partial charge in [0, 0.05) is 6.42 Å². The Labute approximate surface area is 78.7 Å².